The zero-order valence-corrected chi connectivity index (χ0v) is 21.9. The first-order valence-corrected chi connectivity index (χ1v) is 12.6. The van der Waals surface area contributed by atoms with Gasteiger partial charge in [-0.25, -0.2) is 9.59 Å². The number of carboxylic acid groups (broad SMARTS) is 2. The second-order valence-electron chi connectivity index (χ2n) is 8.53. The molecule has 2 aromatic carbocycles. The van der Waals surface area contributed by atoms with Crippen LogP contribution in [0.25, 0.3) is 0 Å². The van der Waals surface area contributed by atoms with Crippen LogP contribution in [-0.2, 0) is 12.8 Å². The van der Waals surface area contributed by atoms with Crippen molar-refractivity contribution in [1.82, 2.24) is 0 Å². The van der Waals surface area contributed by atoms with Gasteiger partial charge < -0.3 is 20.4 Å². The zero-order chi connectivity index (χ0) is 26.8. The van der Waals surface area contributed by atoms with E-state index in [1.54, 1.807) is 24.3 Å². The van der Waals surface area contributed by atoms with Crippen molar-refractivity contribution in [2.75, 3.05) is 0 Å². The fraction of sp³-hybridized carbons (Fsp3) is 0.517. The fourth-order valence-electron chi connectivity index (χ4n) is 3.61. The van der Waals surface area contributed by atoms with Crippen molar-refractivity contribution in [2.24, 2.45) is 5.92 Å². The summed E-state index contributed by atoms with van der Waals surface area (Å²) in [6.07, 6.45) is 5.85. The summed E-state index contributed by atoms with van der Waals surface area (Å²) < 4.78 is 0. The minimum atomic E-state index is -0.863. The van der Waals surface area contributed by atoms with Crippen LogP contribution in [0.3, 0.4) is 0 Å². The molecule has 0 amide bonds. The zero-order valence-electron chi connectivity index (χ0n) is 21.9. The number of aromatic carboxylic acids is 2. The molecule has 0 fully saturated rings. The van der Waals surface area contributed by atoms with Crippen molar-refractivity contribution < 1.29 is 30.0 Å². The maximum absolute atomic E-state index is 10.5. The molecule has 0 spiro atoms. The van der Waals surface area contributed by atoms with Gasteiger partial charge in [0, 0.05) is 5.92 Å². The number of rotatable bonds is 11. The molecule has 2 aromatic rings. The van der Waals surface area contributed by atoms with Gasteiger partial charge in [0.05, 0.1) is 23.3 Å². The van der Waals surface area contributed by atoms with Gasteiger partial charge in [0.25, 0.3) is 0 Å². The Hall–Kier alpha value is -2.70. The number of hydrogen-bond acceptors (Lipinski definition) is 4. The largest absolute Gasteiger partial charge is 0.478 e. The second kappa shape index (κ2) is 18.6. The highest BCUT2D eigenvalue weighted by molar-refractivity contribution is 5.87. The number of aliphatic hydroxyl groups excluding tert-OH is 2. The lowest BCUT2D eigenvalue weighted by atomic mass is 9.90. The molecule has 35 heavy (non-hydrogen) atoms. The second-order valence-corrected chi connectivity index (χ2v) is 8.53. The molecule has 0 bridgehead atoms. The Labute approximate surface area is 210 Å². The Balaban J connectivity index is 0.000000496. The van der Waals surface area contributed by atoms with Crippen molar-refractivity contribution in [3.8, 4) is 0 Å². The SMILES string of the molecule is CCC(O)C(CC)C(O)CC.CCCc1ccc(C(=O)O)cc1.CCCc1ccc(C(=O)O)cc1. The van der Waals surface area contributed by atoms with Gasteiger partial charge in [-0.3, -0.25) is 0 Å². The number of carbonyl (C=O) groups is 2. The van der Waals surface area contributed by atoms with E-state index in [1.165, 1.54) is 11.1 Å². The van der Waals surface area contributed by atoms with E-state index < -0.39 is 11.9 Å². The third kappa shape index (κ3) is 13.1. The number of aliphatic hydroxyl groups is 2. The third-order valence-electron chi connectivity index (χ3n) is 5.78. The molecule has 6 heteroatoms. The molecule has 0 heterocycles. The summed E-state index contributed by atoms with van der Waals surface area (Å²) in [6, 6.07) is 14.1. The quantitative estimate of drug-likeness (QED) is 0.298. The Morgan fingerprint density at radius 2 is 0.914 bits per heavy atom. The van der Waals surface area contributed by atoms with E-state index in [4.69, 9.17) is 10.2 Å². The third-order valence-corrected chi connectivity index (χ3v) is 5.78. The van der Waals surface area contributed by atoms with Crippen molar-refractivity contribution in [3.63, 3.8) is 0 Å². The first kappa shape index (κ1) is 32.3. The molecule has 0 aromatic heterocycles. The monoisotopic (exact) mass is 488 g/mol. The Bertz CT molecular complexity index is 760. The molecule has 6 nitrogen and oxygen atoms in total. The summed E-state index contributed by atoms with van der Waals surface area (Å²) in [7, 11) is 0. The molecule has 2 unspecified atom stereocenters. The van der Waals surface area contributed by atoms with Gasteiger partial charge in [0.2, 0.25) is 0 Å². The molecular weight excluding hydrogens is 444 g/mol. The lowest BCUT2D eigenvalue weighted by molar-refractivity contribution is 0.00713. The molecule has 2 atom stereocenters. The minimum absolute atomic E-state index is 0.0602. The van der Waals surface area contributed by atoms with E-state index >= 15 is 0 Å². The van der Waals surface area contributed by atoms with Crippen LogP contribution in [0.2, 0.25) is 0 Å². The highest BCUT2D eigenvalue weighted by atomic mass is 16.4. The average Bonchev–Trinajstić information content (AvgIpc) is 2.86. The fourth-order valence-corrected chi connectivity index (χ4v) is 3.61. The van der Waals surface area contributed by atoms with Crippen molar-refractivity contribution in [1.29, 1.82) is 0 Å². The molecule has 0 radical (unpaired) electrons. The van der Waals surface area contributed by atoms with E-state index in [0.29, 0.717) is 11.1 Å². The Morgan fingerprint density at radius 1 is 0.600 bits per heavy atom. The van der Waals surface area contributed by atoms with Crippen LogP contribution >= 0.6 is 0 Å². The number of carboxylic acids is 2. The first-order chi connectivity index (χ1) is 16.6. The molecule has 196 valence electrons. The minimum Gasteiger partial charge on any atom is -0.478 e. The highest BCUT2D eigenvalue weighted by Crippen LogP contribution is 2.18. The summed E-state index contributed by atoms with van der Waals surface area (Å²) in [5.74, 6) is -1.67. The van der Waals surface area contributed by atoms with Crippen LogP contribution in [0.15, 0.2) is 48.5 Å². The van der Waals surface area contributed by atoms with Crippen molar-refractivity contribution >= 4 is 11.9 Å². The Kier molecular flexibility index (Phi) is 17.2. The van der Waals surface area contributed by atoms with E-state index in [2.05, 4.69) is 13.8 Å². The summed E-state index contributed by atoms with van der Waals surface area (Å²) in [6.45, 7) is 10.1. The molecule has 0 aliphatic rings. The standard InChI is InChI=1S/2C10H12O2.C9H20O2/c2*1-2-3-8-4-6-9(7-5-8)10(11)12;1-4-7(8(10)5-2)9(11)6-3/h2*4-7H,2-3H2,1H3,(H,11,12);7-11H,4-6H2,1-3H3. The summed E-state index contributed by atoms with van der Waals surface area (Å²) in [5.41, 5.74) is 3.11. The van der Waals surface area contributed by atoms with Gasteiger partial charge in [0.15, 0.2) is 0 Å². The maximum atomic E-state index is 10.5. The van der Waals surface area contributed by atoms with Crippen molar-refractivity contribution in [3.05, 3.63) is 70.8 Å². The summed E-state index contributed by atoms with van der Waals surface area (Å²) >= 11 is 0. The smallest absolute Gasteiger partial charge is 0.335 e. The molecule has 0 saturated carbocycles. The van der Waals surface area contributed by atoms with Gasteiger partial charge in [-0.05, 0) is 67.5 Å². The van der Waals surface area contributed by atoms with Crippen LogP contribution in [0.5, 0.6) is 0 Å². The molecule has 4 N–H and O–H groups in total. The predicted molar refractivity (Wildman–Crippen MR) is 141 cm³/mol. The first-order valence-electron chi connectivity index (χ1n) is 12.6. The van der Waals surface area contributed by atoms with E-state index in [-0.39, 0.29) is 18.1 Å². The van der Waals surface area contributed by atoms with Crippen LogP contribution < -0.4 is 0 Å². The molecule has 0 saturated heterocycles. The molecular formula is C29H44O6. The average molecular weight is 489 g/mol. The van der Waals surface area contributed by atoms with E-state index in [1.807, 2.05) is 45.0 Å². The number of benzene rings is 2. The topological polar surface area (TPSA) is 115 Å². The molecule has 2 rings (SSSR count). The Morgan fingerprint density at radius 3 is 1.11 bits per heavy atom. The predicted octanol–water partition coefficient (Wildman–Crippen LogP) is 6.23. The lowest BCUT2D eigenvalue weighted by Crippen LogP contribution is -2.30. The normalized spacial score (nSPS) is 12.8. The molecule has 0 aliphatic heterocycles. The van der Waals surface area contributed by atoms with E-state index in [0.717, 1.165) is 44.9 Å². The summed E-state index contributed by atoms with van der Waals surface area (Å²) in [4.78, 5) is 20.9. The van der Waals surface area contributed by atoms with Crippen LogP contribution in [0.4, 0.5) is 0 Å². The van der Waals surface area contributed by atoms with Gasteiger partial charge in [0.1, 0.15) is 0 Å². The highest BCUT2D eigenvalue weighted by Gasteiger charge is 2.22. The van der Waals surface area contributed by atoms with Gasteiger partial charge in [-0.2, -0.15) is 0 Å². The maximum Gasteiger partial charge on any atom is 0.335 e. The number of aryl methyl sites for hydroxylation is 2. The van der Waals surface area contributed by atoms with Crippen molar-refractivity contribution in [2.45, 2.75) is 91.8 Å². The van der Waals surface area contributed by atoms with Gasteiger partial charge >= 0.3 is 11.9 Å². The van der Waals surface area contributed by atoms with Gasteiger partial charge in [-0.15, -0.1) is 0 Å². The van der Waals surface area contributed by atoms with Crippen LogP contribution in [0, 0.1) is 5.92 Å². The number of hydrogen-bond donors (Lipinski definition) is 4. The summed E-state index contributed by atoms with van der Waals surface area (Å²) in [5, 5.41) is 36.1. The van der Waals surface area contributed by atoms with Crippen LogP contribution in [0.1, 0.15) is 98.6 Å². The lowest BCUT2D eigenvalue weighted by Gasteiger charge is -2.24. The van der Waals surface area contributed by atoms with E-state index in [9.17, 15) is 19.8 Å². The van der Waals surface area contributed by atoms with Crippen LogP contribution in [-0.4, -0.2) is 44.6 Å². The molecule has 0 aliphatic carbocycles. The van der Waals surface area contributed by atoms with Gasteiger partial charge in [-0.1, -0.05) is 71.7 Å².